The molecule has 0 spiro atoms. The number of benzene rings is 3. The Morgan fingerprint density at radius 2 is 1.49 bits per heavy atom. The number of ether oxygens (including phenoxy) is 3. The maximum Gasteiger partial charge on any atom is 0.131 e. The quantitative estimate of drug-likeness (QED) is 0.225. The lowest BCUT2D eigenvalue weighted by Crippen LogP contribution is -2.29. The smallest absolute Gasteiger partial charge is 0.131 e. The van der Waals surface area contributed by atoms with Gasteiger partial charge in [0.2, 0.25) is 0 Å². The van der Waals surface area contributed by atoms with E-state index in [0.29, 0.717) is 6.61 Å². The van der Waals surface area contributed by atoms with Gasteiger partial charge in [-0.15, -0.1) is 0 Å². The van der Waals surface area contributed by atoms with Crippen molar-refractivity contribution >= 4 is 10.9 Å². The Hall–Kier alpha value is -3.57. The second-order valence-corrected chi connectivity index (χ2v) is 9.58. The zero-order chi connectivity index (χ0) is 25.3. The molecule has 0 saturated carbocycles. The van der Waals surface area contributed by atoms with Crippen molar-refractivity contribution in [1.29, 1.82) is 0 Å². The van der Waals surface area contributed by atoms with Crippen LogP contribution in [0.1, 0.15) is 39.0 Å². The molecule has 0 N–H and O–H groups in total. The zero-order valence-corrected chi connectivity index (χ0v) is 21.7. The van der Waals surface area contributed by atoms with E-state index < -0.39 is 0 Å². The fourth-order valence-corrected chi connectivity index (χ4v) is 4.72. The van der Waals surface area contributed by atoms with Gasteiger partial charge in [-0.2, -0.15) is 0 Å². The number of pyridine rings is 1. The van der Waals surface area contributed by atoms with E-state index in [1.807, 2.05) is 60.7 Å². The van der Waals surface area contributed by atoms with E-state index in [0.717, 1.165) is 77.8 Å². The molecule has 5 nitrogen and oxygen atoms in total. The predicted octanol–water partition coefficient (Wildman–Crippen LogP) is 7.74. The number of aromatic nitrogens is 1. The van der Waals surface area contributed by atoms with Gasteiger partial charge in [0.25, 0.3) is 0 Å². The molecule has 1 saturated heterocycles. The third kappa shape index (κ3) is 6.80. The number of hydrogen-bond donors (Lipinski definition) is 0. The van der Waals surface area contributed by atoms with E-state index in [1.54, 1.807) is 0 Å². The van der Waals surface area contributed by atoms with Gasteiger partial charge < -0.3 is 14.2 Å². The molecule has 0 aliphatic carbocycles. The molecule has 5 rings (SSSR count). The Morgan fingerprint density at radius 1 is 0.730 bits per heavy atom. The molecule has 1 aromatic heterocycles. The summed E-state index contributed by atoms with van der Waals surface area (Å²) in [6, 6.07) is 26.0. The first-order valence-corrected chi connectivity index (χ1v) is 13.5. The third-order valence-corrected chi connectivity index (χ3v) is 6.71. The number of likely N-dealkylation sites (tertiary alicyclic amines) is 1. The highest BCUT2D eigenvalue weighted by Crippen LogP contribution is 2.34. The maximum absolute atomic E-state index is 6.45. The van der Waals surface area contributed by atoms with Gasteiger partial charge in [-0.05, 0) is 86.9 Å². The van der Waals surface area contributed by atoms with Crippen molar-refractivity contribution in [2.45, 2.75) is 39.0 Å². The number of hydrogen-bond acceptors (Lipinski definition) is 5. The minimum Gasteiger partial charge on any atom is -0.494 e. The molecule has 0 atom stereocenters. The van der Waals surface area contributed by atoms with Crippen molar-refractivity contribution in [3.05, 3.63) is 78.9 Å². The van der Waals surface area contributed by atoms with Crippen LogP contribution < -0.4 is 14.2 Å². The predicted molar refractivity (Wildman–Crippen MR) is 150 cm³/mol. The minimum atomic E-state index is 0.645. The highest BCUT2D eigenvalue weighted by atomic mass is 16.5. The summed E-state index contributed by atoms with van der Waals surface area (Å²) in [5.74, 6) is 3.28. The van der Waals surface area contributed by atoms with E-state index in [2.05, 4.69) is 30.0 Å². The van der Waals surface area contributed by atoms with E-state index in [9.17, 15) is 0 Å². The highest BCUT2D eigenvalue weighted by Gasteiger charge is 2.13. The maximum atomic E-state index is 6.45. The Kier molecular flexibility index (Phi) is 8.54. The Balaban J connectivity index is 1.42. The van der Waals surface area contributed by atoms with Crippen molar-refractivity contribution in [1.82, 2.24) is 9.88 Å². The van der Waals surface area contributed by atoms with Crippen molar-refractivity contribution in [3.8, 4) is 34.3 Å². The highest BCUT2D eigenvalue weighted by molar-refractivity contribution is 5.89. The molecule has 192 valence electrons. The van der Waals surface area contributed by atoms with Gasteiger partial charge in [0, 0.05) is 23.6 Å². The zero-order valence-electron chi connectivity index (χ0n) is 21.7. The van der Waals surface area contributed by atoms with Crippen molar-refractivity contribution < 1.29 is 14.2 Å². The first-order chi connectivity index (χ1) is 18.3. The molecule has 0 bridgehead atoms. The standard InChI is InChI=1S/C32H36N2O3/c1-2-21-35-26-14-12-25(13-15-26)31-24-32(36-22-20-34-18-8-3-4-9-19-34)29-23-28(16-17-30(29)33-31)37-27-10-6-5-7-11-27/h5-7,10-17,23-24H,2-4,8-9,18-22H2,1H3. The number of rotatable bonds is 10. The van der Waals surface area contributed by atoms with Gasteiger partial charge in [0.05, 0.1) is 17.8 Å². The van der Waals surface area contributed by atoms with Gasteiger partial charge in [-0.1, -0.05) is 38.0 Å². The van der Waals surface area contributed by atoms with Crippen LogP contribution in [0.3, 0.4) is 0 Å². The van der Waals surface area contributed by atoms with Crippen molar-refractivity contribution in [3.63, 3.8) is 0 Å². The molecular weight excluding hydrogens is 460 g/mol. The molecule has 0 unspecified atom stereocenters. The van der Waals surface area contributed by atoms with Crippen LogP contribution in [0.5, 0.6) is 23.0 Å². The summed E-state index contributed by atoms with van der Waals surface area (Å²) in [7, 11) is 0. The Bertz CT molecular complexity index is 1270. The summed E-state index contributed by atoms with van der Waals surface area (Å²) in [6.45, 7) is 6.73. The lowest BCUT2D eigenvalue weighted by Gasteiger charge is -2.20. The molecule has 4 aromatic rings. The SMILES string of the molecule is CCCOc1ccc(-c2cc(OCCN3CCCCCC3)c3cc(Oc4ccccc4)ccc3n2)cc1. The molecular formula is C32H36N2O3. The summed E-state index contributed by atoms with van der Waals surface area (Å²) in [5, 5.41) is 0.955. The molecule has 1 fully saturated rings. The second-order valence-electron chi connectivity index (χ2n) is 9.58. The summed E-state index contributed by atoms with van der Waals surface area (Å²) < 4.78 is 18.3. The normalized spacial score (nSPS) is 14.3. The lowest BCUT2D eigenvalue weighted by atomic mass is 10.1. The molecule has 37 heavy (non-hydrogen) atoms. The van der Waals surface area contributed by atoms with Crippen molar-refractivity contribution in [2.24, 2.45) is 0 Å². The van der Waals surface area contributed by atoms with Crippen LogP contribution in [0.25, 0.3) is 22.2 Å². The summed E-state index contributed by atoms with van der Waals surface area (Å²) in [6.07, 6.45) is 6.22. The summed E-state index contributed by atoms with van der Waals surface area (Å²) in [4.78, 5) is 7.49. The minimum absolute atomic E-state index is 0.645. The van der Waals surface area contributed by atoms with Gasteiger partial charge in [0.1, 0.15) is 29.6 Å². The van der Waals surface area contributed by atoms with Crippen LogP contribution in [-0.4, -0.2) is 42.7 Å². The molecule has 2 heterocycles. The molecule has 1 aliphatic rings. The van der Waals surface area contributed by atoms with Crippen molar-refractivity contribution in [2.75, 3.05) is 32.8 Å². The Labute approximate surface area is 220 Å². The van der Waals surface area contributed by atoms with Gasteiger partial charge >= 0.3 is 0 Å². The van der Waals surface area contributed by atoms with Gasteiger partial charge in [-0.3, -0.25) is 4.90 Å². The topological polar surface area (TPSA) is 43.8 Å². The van der Waals surface area contributed by atoms with E-state index in [4.69, 9.17) is 19.2 Å². The van der Waals surface area contributed by atoms with Gasteiger partial charge in [-0.25, -0.2) is 4.98 Å². The van der Waals surface area contributed by atoms with Crippen LogP contribution in [0.2, 0.25) is 0 Å². The summed E-state index contributed by atoms with van der Waals surface area (Å²) in [5.41, 5.74) is 2.80. The molecule has 1 aliphatic heterocycles. The molecule has 3 aromatic carbocycles. The van der Waals surface area contributed by atoms with E-state index in [-0.39, 0.29) is 0 Å². The van der Waals surface area contributed by atoms with Crippen LogP contribution in [0.4, 0.5) is 0 Å². The van der Waals surface area contributed by atoms with E-state index >= 15 is 0 Å². The second kappa shape index (κ2) is 12.6. The first-order valence-electron chi connectivity index (χ1n) is 13.5. The lowest BCUT2D eigenvalue weighted by molar-refractivity contribution is 0.215. The third-order valence-electron chi connectivity index (χ3n) is 6.71. The molecule has 0 radical (unpaired) electrons. The number of para-hydroxylation sites is 1. The summed E-state index contributed by atoms with van der Waals surface area (Å²) >= 11 is 0. The average Bonchev–Trinajstić information content (AvgIpc) is 3.22. The van der Waals surface area contributed by atoms with Crippen LogP contribution in [-0.2, 0) is 0 Å². The fraction of sp³-hybridized carbons (Fsp3) is 0.344. The van der Waals surface area contributed by atoms with Gasteiger partial charge in [0.15, 0.2) is 0 Å². The molecule has 5 heteroatoms. The van der Waals surface area contributed by atoms with E-state index in [1.165, 1.54) is 25.7 Å². The Morgan fingerprint density at radius 3 is 2.24 bits per heavy atom. The van der Waals surface area contributed by atoms with Crippen LogP contribution >= 0.6 is 0 Å². The average molecular weight is 497 g/mol. The first kappa shape index (κ1) is 25.1. The monoisotopic (exact) mass is 496 g/mol. The molecule has 0 amide bonds. The number of fused-ring (bicyclic) bond motifs is 1. The number of nitrogens with zero attached hydrogens (tertiary/aromatic N) is 2. The fourth-order valence-electron chi connectivity index (χ4n) is 4.72. The largest absolute Gasteiger partial charge is 0.494 e. The van der Waals surface area contributed by atoms with Crippen LogP contribution in [0, 0.1) is 0 Å². The van der Waals surface area contributed by atoms with Crippen LogP contribution in [0.15, 0.2) is 78.9 Å².